The molecular formula is C14H22ClN. The number of likely N-dealkylation sites (N-methyl/N-ethyl adjacent to an activating group) is 1. The third-order valence-electron chi connectivity index (χ3n) is 3.25. The molecule has 0 amide bonds. The summed E-state index contributed by atoms with van der Waals surface area (Å²) in [6.07, 6.45) is 1.16. The summed E-state index contributed by atoms with van der Waals surface area (Å²) in [6.45, 7) is 8.80. The fourth-order valence-electron chi connectivity index (χ4n) is 2.00. The van der Waals surface area contributed by atoms with Gasteiger partial charge in [0, 0.05) is 11.6 Å². The summed E-state index contributed by atoms with van der Waals surface area (Å²) in [6, 6.07) is 6.21. The Morgan fingerprint density at radius 1 is 1.31 bits per heavy atom. The molecule has 1 rings (SSSR count). The summed E-state index contributed by atoms with van der Waals surface area (Å²) in [5, 5.41) is 0.846. The van der Waals surface area contributed by atoms with Crippen molar-refractivity contribution in [1.82, 2.24) is 4.90 Å². The smallest absolute Gasteiger partial charge is 0.0409 e. The summed E-state index contributed by atoms with van der Waals surface area (Å²) in [7, 11) is 2.17. The molecule has 0 saturated carbocycles. The van der Waals surface area contributed by atoms with Crippen LogP contribution in [0.1, 0.15) is 37.3 Å². The predicted molar refractivity (Wildman–Crippen MR) is 72.4 cm³/mol. The Morgan fingerprint density at radius 2 is 2.00 bits per heavy atom. The first-order valence-corrected chi connectivity index (χ1v) is 6.40. The predicted octanol–water partition coefficient (Wildman–Crippen LogP) is 4.09. The molecule has 0 aliphatic carbocycles. The maximum atomic E-state index is 6.07. The van der Waals surface area contributed by atoms with Crippen LogP contribution in [0.15, 0.2) is 18.2 Å². The van der Waals surface area contributed by atoms with Gasteiger partial charge in [0.25, 0.3) is 0 Å². The number of halogens is 1. The van der Waals surface area contributed by atoms with Gasteiger partial charge in [-0.3, -0.25) is 0 Å². The fraction of sp³-hybridized carbons (Fsp3) is 0.571. The maximum Gasteiger partial charge on any atom is 0.0409 e. The minimum Gasteiger partial charge on any atom is -0.306 e. The van der Waals surface area contributed by atoms with Crippen molar-refractivity contribution in [2.75, 3.05) is 20.1 Å². The van der Waals surface area contributed by atoms with Crippen molar-refractivity contribution in [2.45, 2.75) is 33.1 Å². The van der Waals surface area contributed by atoms with Crippen LogP contribution in [-0.2, 0) is 0 Å². The Kier molecular flexibility index (Phi) is 5.30. The molecule has 0 heterocycles. The minimum absolute atomic E-state index is 0.587. The highest BCUT2D eigenvalue weighted by atomic mass is 35.5. The number of nitrogens with zero attached hydrogens (tertiary/aromatic N) is 1. The van der Waals surface area contributed by atoms with Crippen molar-refractivity contribution < 1.29 is 0 Å². The van der Waals surface area contributed by atoms with Crippen LogP contribution in [0.5, 0.6) is 0 Å². The topological polar surface area (TPSA) is 3.24 Å². The van der Waals surface area contributed by atoms with E-state index in [4.69, 9.17) is 11.6 Å². The van der Waals surface area contributed by atoms with Crippen LogP contribution in [0.25, 0.3) is 0 Å². The Bertz CT molecular complexity index is 336. The molecule has 0 radical (unpaired) electrons. The standard InChI is InChI=1S/C14H22ClN/c1-5-12(10-16(4)6-2)14-9-13(15)8-7-11(14)3/h7-9,12H,5-6,10H2,1-4H3/t12-/m1/s1. The van der Waals surface area contributed by atoms with Gasteiger partial charge in [0.05, 0.1) is 0 Å². The molecule has 0 fully saturated rings. The monoisotopic (exact) mass is 239 g/mol. The van der Waals surface area contributed by atoms with E-state index in [0.29, 0.717) is 5.92 Å². The molecule has 1 aromatic rings. The lowest BCUT2D eigenvalue weighted by Crippen LogP contribution is -2.24. The van der Waals surface area contributed by atoms with Gasteiger partial charge in [-0.1, -0.05) is 31.5 Å². The second kappa shape index (κ2) is 6.27. The largest absolute Gasteiger partial charge is 0.306 e. The molecule has 16 heavy (non-hydrogen) atoms. The normalized spacial score (nSPS) is 13.1. The average molecular weight is 240 g/mol. The minimum atomic E-state index is 0.587. The van der Waals surface area contributed by atoms with Gasteiger partial charge in [-0.05, 0) is 56.1 Å². The van der Waals surface area contributed by atoms with Crippen LogP contribution in [0.2, 0.25) is 5.02 Å². The summed E-state index contributed by atoms with van der Waals surface area (Å²) < 4.78 is 0. The van der Waals surface area contributed by atoms with Crippen molar-refractivity contribution in [3.8, 4) is 0 Å². The summed E-state index contributed by atoms with van der Waals surface area (Å²) >= 11 is 6.07. The van der Waals surface area contributed by atoms with E-state index in [1.807, 2.05) is 6.07 Å². The van der Waals surface area contributed by atoms with Gasteiger partial charge >= 0.3 is 0 Å². The zero-order valence-electron chi connectivity index (χ0n) is 10.8. The van der Waals surface area contributed by atoms with E-state index in [9.17, 15) is 0 Å². The van der Waals surface area contributed by atoms with Gasteiger partial charge in [0.2, 0.25) is 0 Å². The molecule has 0 aromatic heterocycles. The first kappa shape index (κ1) is 13.5. The first-order chi connectivity index (χ1) is 7.58. The summed E-state index contributed by atoms with van der Waals surface area (Å²) in [5.41, 5.74) is 2.75. The molecular weight excluding hydrogens is 218 g/mol. The van der Waals surface area contributed by atoms with Crippen LogP contribution >= 0.6 is 11.6 Å². The number of hydrogen-bond acceptors (Lipinski definition) is 1. The fourth-order valence-corrected chi connectivity index (χ4v) is 2.18. The van der Waals surface area contributed by atoms with E-state index in [2.05, 4.69) is 44.9 Å². The Labute approximate surface area is 104 Å². The Morgan fingerprint density at radius 3 is 2.56 bits per heavy atom. The number of benzene rings is 1. The van der Waals surface area contributed by atoms with E-state index in [1.165, 1.54) is 11.1 Å². The van der Waals surface area contributed by atoms with E-state index >= 15 is 0 Å². The third-order valence-corrected chi connectivity index (χ3v) is 3.48. The van der Waals surface area contributed by atoms with Crippen molar-refractivity contribution >= 4 is 11.6 Å². The number of rotatable bonds is 5. The quantitative estimate of drug-likeness (QED) is 0.748. The molecule has 0 N–H and O–H groups in total. The van der Waals surface area contributed by atoms with Gasteiger partial charge in [0.15, 0.2) is 0 Å². The van der Waals surface area contributed by atoms with E-state index in [0.717, 1.165) is 24.5 Å². The van der Waals surface area contributed by atoms with Gasteiger partial charge < -0.3 is 4.90 Å². The molecule has 1 atom stereocenters. The molecule has 0 spiro atoms. The summed E-state index contributed by atoms with van der Waals surface area (Å²) in [4.78, 5) is 2.36. The van der Waals surface area contributed by atoms with Crippen molar-refractivity contribution in [3.63, 3.8) is 0 Å². The number of aryl methyl sites for hydroxylation is 1. The van der Waals surface area contributed by atoms with Crippen LogP contribution in [0.4, 0.5) is 0 Å². The van der Waals surface area contributed by atoms with Gasteiger partial charge in [-0.25, -0.2) is 0 Å². The molecule has 1 aromatic carbocycles. The lowest BCUT2D eigenvalue weighted by atomic mass is 9.92. The molecule has 0 unspecified atom stereocenters. The highest BCUT2D eigenvalue weighted by molar-refractivity contribution is 6.30. The molecule has 0 aliphatic heterocycles. The second-order valence-corrected chi connectivity index (χ2v) is 4.90. The van der Waals surface area contributed by atoms with Crippen LogP contribution in [-0.4, -0.2) is 25.0 Å². The Balaban J connectivity index is 2.89. The van der Waals surface area contributed by atoms with Crippen LogP contribution in [0.3, 0.4) is 0 Å². The SMILES string of the molecule is CC[C@H](CN(C)CC)c1cc(Cl)ccc1C. The molecule has 2 heteroatoms. The van der Waals surface area contributed by atoms with Crippen LogP contribution < -0.4 is 0 Å². The molecule has 0 aliphatic rings. The Hall–Kier alpha value is -0.530. The molecule has 1 nitrogen and oxygen atoms in total. The lowest BCUT2D eigenvalue weighted by molar-refractivity contribution is 0.322. The molecule has 90 valence electrons. The van der Waals surface area contributed by atoms with Gasteiger partial charge in [0.1, 0.15) is 0 Å². The highest BCUT2D eigenvalue weighted by Gasteiger charge is 2.13. The van der Waals surface area contributed by atoms with Gasteiger partial charge in [-0.2, -0.15) is 0 Å². The van der Waals surface area contributed by atoms with Crippen molar-refractivity contribution in [2.24, 2.45) is 0 Å². The van der Waals surface area contributed by atoms with E-state index < -0.39 is 0 Å². The van der Waals surface area contributed by atoms with E-state index in [1.54, 1.807) is 0 Å². The van der Waals surface area contributed by atoms with Crippen molar-refractivity contribution in [1.29, 1.82) is 0 Å². The second-order valence-electron chi connectivity index (χ2n) is 4.46. The first-order valence-electron chi connectivity index (χ1n) is 6.03. The zero-order valence-corrected chi connectivity index (χ0v) is 11.5. The lowest BCUT2D eigenvalue weighted by Gasteiger charge is -2.23. The summed E-state index contributed by atoms with van der Waals surface area (Å²) in [5.74, 6) is 0.587. The highest BCUT2D eigenvalue weighted by Crippen LogP contribution is 2.26. The van der Waals surface area contributed by atoms with Crippen LogP contribution in [0, 0.1) is 6.92 Å². The zero-order chi connectivity index (χ0) is 12.1. The number of hydrogen-bond donors (Lipinski definition) is 0. The van der Waals surface area contributed by atoms with Crippen molar-refractivity contribution in [3.05, 3.63) is 34.3 Å². The third kappa shape index (κ3) is 3.50. The van der Waals surface area contributed by atoms with E-state index in [-0.39, 0.29) is 0 Å². The molecule has 0 bridgehead atoms. The van der Waals surface area contributed by atoms with Gasteiger partial charge in [-0.15, -0.1) is 0 Å². The average Bonchev–Trinajstić information content (AvgIpc) is 2.29. The maximum absolute atomic E-state index is 6.07. The molecule has 0 saturated heterocycles.